The molecule has 4 heteroatoms. The second kappa shape index (κ2) is 4.10. The number of likely N-dealkylation sites (N-methyl/N-ethyl adjacent to an activating group) is 1. The van der Waals surface area contributed by atoms with E-state index in [0.29, 0.717) is 5.75 Å². The van der Waals surface area contributed by atoms with Crippen molar-refractivity contribution in [3.05, 3.63) is 28.0 Å². The van der Waals surface area contributed by atoms with Gasteiger partial charge in [0.1, 0.15) is 6.10 Å². The Labute approximate surface area is 96.9 Å². The van der Waals surface area contributed by atoms with Gasteiger partial charge in [-0.3, -0.25) is 0 Å². The summed E-state index contributed by atoms with van der Waals surface area (Å²) >= 11 is 3.43. The quantitative estimate of drug-likeness (QED) is 0.895. The molecule has 1 aromatic rings. The average molecular weight is 274 g/mol. The van der Waals surface area contributed by atoms with Crippen LogP contribution in [0.1, 0.15) is 25.5 Å². The first-order chi connectivity index (χ1) is 7.15. The van der Waals surface area contributed by atoms with Gasteiger partial charge in [0.25, 0.3) is 0 Å². The molecule has 0 spiro atoms. The highest BCUT2D eigenvalue weighted by Gasteiger charge is 2.34. The number of hydrogen-bond acceptors (Lipinski definition) is 2. The van der Waals surface area contributed by atoms with Gasteiger partial charge >= 0.3 is 0 Å². The van der Waals surface area contributed by atoms with E-state index in [0.717, 1.165) is 16.6 Å². The molecule has 1 aliphatic rings. The molecular weight excluding hydrogens is 261 g/mol. The second-order valence-corrected chi connectivity index (χ2v) is 4.48. The third-order valence-electron chi connectivity index (χ3n) is 2.60. The molecule has 1 N–H and O–H groups in total. The van der Waals surface area contributed by atoms with Crippen molar-refractivity contribution in [2.24, 2.45) is 0 Å². The van der Waals surface area contributed by atoms with E-state index in [4.69, 9.17) is 4.74 Å². The molecule has 15 heavy (non-hydrogen) atoms. The molecule has 1 aliphatic heterocycles. The minimum Gasteiger partial charge on any atom is -0.485 e. The van der Waals surface area contributed by atoms with Crippen LogP contribution in [0.2, 0.25) is 0 Å². The molecule has 0 saturated carbocycles. The summed E-state index contributed by atoms with van der Waals surface area (Å²) in [5.41, 5.74) is 0.893. The van der Waals surface area contributed by atoms with Gasteiger partial charge in [0, 0.05) is 10.0 Å². The highest BCUT2D eigenvalue weighted by atomic mass is 79.9. The molecule has 2 atom stereocenters. The number of halogens is 2. The predicted octanol–water partition coefficient (Wildman–Crippen LogP) is 3.02. The van der Waals surface area contributed by atoms with Crippen LogP contribution in [0.15, 0.2) is 16.6 Å². The zero-order valence-electron chi connectivity index (χ0n) is 8.68. The summed E-state index contributed by atoms with van der Waals surface area (Å²) in [6.45, 7) is 4.80. The van der Waals surface area contributed by atoms with Crippen molar-refractivity contribution < 1.29 is 9.13 Å². The summed E-state index contributed by atoms with van der Waals surface area (Å²) in [6.07, 6.45) is -0.0341. The van der Waals surface area contributed by atoms with Crippen LogP contribution < -0.4 is 10.1 Å². The Morgan fingerprint density at radius 1 is 1.53 bits per heavy atom. The highest BCUT2D eigenvalue weighted by Crippen LogP contribution is 2.42. The standard InChI is InChI=1S/C11H13BrFNO/c1-3-14-10-6(2)15-11-8(13)5-4-7(12)9(10)11/h4-6,10,14H,3H2,1-2H3. The van der Waals surface area contributed by atoms with Crippen LogP contribution in [0.5, 0.6) is 5.75 Å². The van der Waals surface area contributed by atoms with Gasteiger partial charge in [-0.2, -0.15) is 0 Å². The second-order valence-electron chi connectivity index (χ2n) is 3.63. The van der Waals surface area contributed by atoms with Crippen LogP contribution in [0, 0.1) is 5.82 Å². The highest BCUT2D eigenvalue weighted by molar-refractivity contribution is 9.10. The normalized spacial score (nSPS) is 23.7. The molecule has 0 amide bonds. The predicted molar refractivity (Wildman–Crippen MR) is 60.6 cm³/mol. The summed E-state index contributed by atoms with van der Waals surface area (Å²) in [5, 5.41) is 3.30. The Hall–Kier alpha value is -0.610. The maximum atomic E-state index is 13.5. The summed E-state index contributed by atoms with van der Waals surface area (Å²) in [5.74, 6) is 0.0864. The van der Waals surface area contributed by atoms with Gasteiger partial charge in [0.15, 0.2) is 11.6 Å². The molecule has 0 aromatic heterocycles. The Bertz CT molecular complexity index is 383. The first kappa shape index (κ1) is 10.9. The Morgan fingerprint density at radius 3 is 2.93 bits per heavy atom. The van der Waals surface area contributed by atoms with Crippen LogP contribution >= 0.6 is 15.9 Å². The number of ether oxygens (including phenoxy) is 1. The van der Waals surface area contributed by atoms with Crippen molar-refractivity contribution >= 4 is 15.9 Å². The lowest BCUT2D eigenvalue weighted by atomic mass is 10.0. The van der Waals surface area contributed by atoms with Crippen LogP contribution in [0.3, 0.4) is 0 Å². The SMILES string of the molecule is CCNC1c2c(Br)ccc(F)c2OC1C. The van der Waals surface area contributed by atoms with Crippen molar-refractivity contribution in [3.63, 3.8) is 0 Å². The molecule has 0 bridgehead atoms. The average Bonchev–Trinajstić information content (AvgIpc) is 2.53. The van der Waals surface area contributed by atoms with E-state index in [-0.39, 0.29) is 18.0 Å². The maximum absolute atomic E-state index is 13.5. The van der Waals surface area contributed by atoms with Gasteiger partial charge in [0.05, 0.1) is 6.04 Å². The zero-order valence-corrected chi connectivity index (χ0v) is 10.3. The smallest absolute Gasteiger partial charge is 0.165 e. The van der Waals surface area contributed by atoms with Crippen molar-refractivity contribution in [2.75, 3.05) is 6.54 Å². The number of nitrogens with one attached hydrogen (secondary N) is 1. The number of benzene rings is 1. The number of rotatable bonds is 2. The van der Waals surface area contributed by atoms with E-state index >= 15 is 0 Å². The third kappa shape index (κ3) is 1.76. The van der Waals surface area contributed by atoms with E-state index in [1.807, 2.05) is 13.8 Å². The largest absolute Gasteiger partial charge is 0.485 e. The molecule has 1 heterocycles. The van der Waals surface area contributed by atoms with E-state index in [2.05, 4.69) is 21.2 Å². The number of fused-ring (bicyclic) bond motifs is 1. The van der Waals surface area contributed by atoms with E-state index in [1.165, 1.54) is 6.07 Å². The van der Waals surface area contributed by atoms with Crippen LogP contribution in [-0.4, -0.2) is 12.6 Å². The van der Waals surface area contributed by atoms with E-state index in [9.17, 15) is 4.39 Å². The lowest BCUT2D eigenvalue weighted by molar-refractivity contribution is 0.204. The molecule has 1 aromatic carbocycles. The van der Waals surface area contributed by atoms with Crippen molar-refractivity contribution in [3.8, 4) is 5.75 Å². The first-order valence-electron chi connectivity index (χ1n) is 5.03. The minimum absolute atomic E-state index is 0.0341. The molecule has 0 aliphatic carbocycles. The van der Waals surface area contributed by atoms with Crippen LogP contribution in [0.25, 0.3) is 0 Å². The van der Waals surface area contributed by atoms with E-state index < -0.39 is 0 Å². The van der Waals surface area contributed by atoms with Crippen LogP contribution in [-0.2, 0) is 0 Å². The monoisotopic (exact) mass is 273 g/mol. The van der Waals surface area contributed by atoms with Gasteiger partial charge in [-0.25, -0.2) is 4.39 Å². The fraction of sp³-hybridized carbons (Fsp3) is 0.455. The minimum atomic E-state index is -0.291. The fourth-order valence-electron chi connectivity index (χ4n) is 1.94. The molecule has 0 fully saturated rings. The molecule has 82 valence electrons. The van der Waals surface area contributed by atoms with Crippen molar-refractivity contribution in [1.82, 2.24) is 5.32 Å². The van der Waals surface area contributed by atoms with Crippen molar-refractivity contribution in [1.29, 1.82) is 0 Å². The maximum Gasteiger partial charge on any atom is 0.165 e. The van der Waals surface area contributed by atoms with Crippen LogP contribution in [0.4, 0.5) is 4.39 Å². The molecule has 0 radical (unpaired) electrons. The van der Waals surface area contributed by atoms with Crippen molar-refractivity contribution in [2.45, 2.75) is 26.0 Å². The molecule has 2 unspecified atom stereocenters. The summed E-state index contributed by atoms with van der Waals surface area (Å²) in [7, 11) is 0. The lowest BCUT2D eigenvalue weighted by Crippen LogP contribution is -2.28. The van der Waals surface area contributed by atoms with Gasteiger partial charge in [-0.05, 0) is 25.6 Å². The summed E-state index contributed by atoms with van der Waals surface area (Å²) in [4.78, 5) is 0. The fourth-order valence-corrected chi connectivity index (χ4v) is 2.49. The molecule has 2 nitrogen and oxygen atoms in total. The van der Waals surface area contributed by atoms with E-state index in [1.54, 1.807) is 6.07 Å². The Morgan fingerprint density at radius 2 is 2.27 bits per heavy atom. The molecular formula is C11H13BrFNO. The third-order valence-corrected chi connectivity index (χ3v) is 3.29. The topological polar surface area (TPSA) is 21.3 Å². The Kier molecular flexibility index (Phi) is 2.98. The summed E-state index contributed by atoms with van der Waals surface area (Å²) < 4.78 is 19.9. The lowest BCUT2D eigenvalue weighted by Gasteiger charge is -2.15. The molecule has 0 saturated heterocycles. The van der Waals surface area contributed by atoms with Gasteiger partial charge in [-0.15, -0.1) is 0 Å². The van der Waals surface area contributed by atoms with Gasteiger partial charge < -0.3 is 10.1 Å². The zero-order chi connectivity index (χ0) is 11.0. The first-order valence-corrected chi connectivity index (χ1v) is 5.82. The van der Waals surface area contributed by atoms with Gasteiger partial charge in [0.2, 0.25) is 0 Å². The molecule has 2 rings (SSSR count). The number of hydrogen-bond donors (Lipinski definition) is 1. The van der Waals surface area contributed by atoms with Gasteiger partial charge in [-0.1, -0.05) is 22.9 Å². The Balaban J connectivity index is 2.47. The summed E-state index contributed by atoms with van der Waals surface area (Å²) in [6, 6.07) is 3.21.